The fourth-order valence-electron chi connectivity index (χ4n) is 1.99. The number of rotatable bonds is 7. The number of hydrogen-bond acceptors (Lipinski definition) is 1. The van der Waals surface area contributed by atoms with E-state index in [0.717, 1.165) is 12.8 Å². The molecule has 21 heavy (non-hydrogen) atoms. The molecule has 3 heteroatoms. The van der Waals surface area contributed by atoms with Crippen LogP contribution in [0.25, 0.3) is 0 Å². The molecule has 0 aromatic heterocycles. The van der Waals surface area contributed by atoms with Gasteiger partial charge in [0.2, 0.25) is 0 Å². The van der Waals surface area contributed by atoms with Crippen LogP contribution in [-0.4, -0.2) is 15.0 Å². The van der Waals surface area contributed by atoms with Gasteiger partial charge < -0.3 is 0 Å². The first kappa shape index (κ1) is 18.1. The maximum atomic E-state index is 12.4. The van der Waals surface area contributed by atoms with Crippen LogP contribution in [0.4, 0.5) is 0 Å². The highest BCUT2D eigenvalue weighted by atomic mass is 32.2. The molecule has 0 radical (unpaired) electrons. The maximum absolute atomic E-state index is 12.4. The fourth-order valence-corrected chi connectivity index (χ4v) is 3.02. The van der Waals surface area contributed by atoms with Gasteiger partial charge in [-0.3, -0.25) is 0 Å². The standard InChI is InChI=1S/C18H29NOS/c1-7-18(5,6)16(19-21(20)17(2,3)4)14-13-15-11-9-8-10-12-15/h7-12,16,19H,1,13-14H2,2-6H3/t16-,21?/m0/s1. The molecular weight excluding hydrogens is 278 g/mol. The van der Waals surface area contributed by atoms with E-state index in [1.165, 1.54) is 5.56 Å². The van der Waals surface area contributed by atoms with Gasteiger partial charge in [-0.2, -0.15) is 0 Å². The zero-order chi connectivity index (χ0) is 16.1. The van der Waals surface area contributed by atoms with Crippen molar-refractivity contribution >= 4 is 11.0 Å². The van der Waals surface area contributed by atoms with Crippen molar-refractivity contribution in [1.82, 2.24) is 4.72 Å². The molecule has 1 N–H and O–H groups in total. The van der Waals surface area contributed by atoms with Crippen LogP contribution in [0.3, 0.4) is 0 Å². The zero-order valence-electron chi connectivity index (χ0n) is 14.0. The Morgan fingerprint density at radius 3 is 2.24 bits per heavy atom. The van der Waals surface area contributed by atoms with Crippen molar-refractivity contribution in [2.24, 2.45) is 5.41 Å². The molecule has 0 spiro atoms. The van der Waals surface area contributed by atoms with E-state index in [4.69, 9.17) is 0 Å². The van der Waals surface area contributed by atoms with E-state index >= 15 is 0 Å². The van der Waals surface area contributed by atoms with Gasteiger partial charge >= 0.3 is 0 Å². The van der Waals surface area contributed by atoms with Gasteiger partial charge in [0.05, 0.1) is 15.7 Å². The summed E-state index contributed by atoms with van der Waals surface area (Å²) in [6, 6.07) is 10.6. The lowest BCUT2D eigenvalue weighted by atomic mass is 9.82. The molecule has 2 nitrogen and oxygen atoms in total. The van der Waals surface area contributed by atoms with Gasteiger partial charge in [0.1, 0.15) is 0 Å². The first-order valence-corrected chi connectivity index (χ1v) is 8.67. The van der Waals surface area contributed by atoms with E-state index in [-0.39, 0.29) is 16.2 Å². The molecule has 2 atom stereocenters. The molecule has 0 heterocycles. The Balaban J connectivity index is 2.79. The minimum Gasteiger partial charge on any atom is -0.242 e. The van der Waals surface area contributed by atoms with Gasteiger partial charge in [0.15, 0.2) is 0 Å². The third-order valence-corrected chi connectivity index (χ3v) is 5.41. The molecule has 0 aliphatic rings. The van der Waals surface area contributed by atoms with Gasteiger partial charge in [-0.15, -0.1) is 6.58 Å². The Morgan fingerprint density at radius 1 is 1.19 bits per heavy atom. The lowest BCUT2D eigenvalue weighted by Crippen LogP contribution is -2.46. The summed E-state index contributed by atoms with van der Waals surface area (Å²) in [5.74, 6) is 0. The Labute approximate surface area is 132 Å². The lowest BCUT2D eigenvalue weighted by molar-refractivity contribution is 0.331. The summed E-state index contributed by atoms with van der Waals surface area (Å²) in [5.41, 5.74) is 1.21. The third-order valence-electron chi connectivity index (χ3n) is 3.79. The largest absolute Gasteiger partial charge is 0.242 e. The summed E-state index contributed by atoms with van der Waals surface area (Å²) in [5, 5.41) is 0. The van der Waals surface area contributed by atoms with Crippen molar-refractivity contribution in [3.05, 3.63) is 48.6 Å². The average molecular weight is 308 g/mol. The first-order chi connectivity index (χ1) is 9.66. The van der Waals surface area contributed by atoms with Gasteiger partial charge in [-0.1, -0.05) is 50.3 Å². The normalized spacial score (nSPS) is 15.5. The highest BCUT2D eigenvalue weighted by Crippen LogP contribution is 2.27. The van der Waals surface area contributed by atoms with Crippen molar-refractivity contribution in [3.63, 3.8) is 0 Å². The highest BCUT2D eigenvalue weighted by Gasteiger charge is 2.30. The van der Waals surface area contributed by atoms with Crippen molar-refractivity contribution in [2.75, 3.05) is 0 Å². The monoisotopic (exact) mass is 307 g/mol. The smallest absolute Gasteiger partial charge is 0.0973 e. The van der Waals surface area contributed by atoms with E-state index in [0.29, 0.717) is 0 Å². The second kappa shape index (κ2) is 7.37. The molecule has 0 saturated carbocycles. The molecule has 0 saturated heterocycles. The summed E-state index contributed by atoms with van der Waals surface area (Å²) in [7, 11) is -1.07. The van der Waals surface area contributed by atoms with Gasteiger partial charge in [0.25, 0.3) is 0 Å². The molecule has 0 bridgehead atoms. The zero-order valence-corrected chi connectivity index (χ0v) is 14.8. The average Bonchev–Trinajstić information content (AvgIpc) is 2.43. The van der Waals surface area contributed by atoms with Crippen LogP contribution >= 0.6 is 0 Å². The Kier molecular flexibility index (Phi) is 6.36. The molecule has 0 aliphatic heterocycles. The van der Waals surface area contributed by atoms with E-state index < -0.39 is 11.0 Å². The van der Waals surface area contributed by atoms with Gasteiger partial charge in [0, 0.05) is 6.04 Å². The van der Waals surface area contributed by atoms with Gasteiger partial charge in [-0.25, -0.2) is 8.93 Å². The summed E-state index contributed by atoms with van der Waals surface area (Å²) < 4.78 is 15.5. The van der Waals surface area contributed by atoms with Crippen LogP contribution < -0.4 is 4.72 Å². The second-order valence-corrected chi connectivity index (χ2v) is 9.10. The minimum absolute atomic E-state index is 0.101. The Morgan fingerprint density at radius 2 is 1.76 bits per heavy atom. The fraction of sp³-hybridized carbons (Fsp3) is 0.556. The molecular formula is C18H29NOS. The predicted octanol–water partition coefficient (Wildman–Crippen LogP) is 4.25. The van der Waals surface area contributed by atoms with Crippen molar-refractivity contribution in [3.8, 4) is 0 Å². The van der Waals surface area contributed by atoms with E-state index in [1.54, 1.807) is 0 Å². The Hall–Kier alpha value is -0.930. The molecule has 118 valence electrons. The molecule has 1 aromatic rings. The van der Waals surface area contributed by atoms with E-state index in [1.807, 2.05) is 32.9 Å². The third kappa shape index (κ3) is 5.76. The molecule has 0 fully saturated rings. The number of nitrogens with one attached hydrogen (secondary N) is 1. The van der Waals surface area contributed by atoms with Crippen molar-refractivity contribution < 1.29 is 4.21 Å². The second-order valence-electron chi connectivity index (χ2n) is 7.10. The summed E-state index contributed by atoms with van der Waals surface area (Å²) in [4.78, 5) is 0. The molecule has 1 unspecified atom stereocenters. The number of aryl methyl sites for hydroxylation is 1. The SMILES string of the molecule is C=CC(C)(C)[C@H](CCc1ccccc1)NS(=O)C(C)(C)C. The lowest BCUT2D eigenvalue weighted by Gasteiger charge is -2.34. The quantitative estimate of drug-likeness (QED) is 0.750. The number of benzene rings is 1. The van der Waals surface area contributed by atoms with Crippen LogP contribution in [0.1, 0.15) is 46.6 Å². The van der Waals surface area contributed by atoms with E-state index in [9.17, 15) is 4.21 Å². The minimum atomic E-state index is -1.07. The van der Waals surface area contributed by atoms with Crippen LogP contribution in [0.2, 0.25) is 0 Å². The predicted molar refractivity (Wildman–Crippen MR) is 93.6 cm³/mol. The first-order valence-electron chi connectivity index (χ1n) is 7.52. The summed E-state index contributed by atoms with van der Waals surface area (Å²) >= 11 is 0. The summed E-state index contributed by atoms with van der Waals surface area (Å²) in [6.07, 6.45) is 3.86. The van der Waals surface area contributed by atoms with Crippen molar-refractivity contribution in [1.29, 1.82) is 0 Å². The van der Waals surface area contributed by atoms with Crippen LogP contribution in [0.5, 0.6) is 0 Å². The Bertz CT molecular complexity index is 474. The molecule has 1 rings (SSSR count). The van der Waals surface area contributed by atoms with E-state index in [2.05, 4.69) is 49.4 Å². The maximum Gasteiger partial charge on any atom is 0.0973 e. The van der Waals surface area contributed by atoms with Crippen molar-refractivity contribution in [2.45, 2.75) is 58.2 Å². The molecule has 1 aromatic carbocycles. The van der Waals surface area contributed by atoms with Crippen LogP contribution in [0.15, 0.2) is 43.0 Å². The number of hydrogen-bond donors (Lipinski definition) is 1. The van der Waals surface area contributed by atoms with Crippen LogP contribution in [0, 0.1) is 5.41 Å². The molecule has 0 aliphatic carbocycles. The van der Waals surface area contributed by atoms with Gasteiger partial charge in [-0.05, 0) is 44.6 Å². The topological polar surface area (TPSA) is 29.1 Å². The molecule has 0 amide bonds. The van der Waals surface area contributed by atoms with Crippen LogP contribution in [-0.2, 0) is 17.4 Å². The highest BCUT2D eigenvalue weighted by molar-refractivity contribution is 7.84. The summed E-state index contributed by atoms with van der Waals surface area (Å²) in [6.45, 7) is 14.2.